The predicted molar refractivity (Wildman–Crippen MR) is 127 cm³/mol. The predicted octanol–water partition coefficient (Wildman–Crippen LogP) is 4.42. The average molecular weight is 430 g/mol. The standard InChI is InChI=1S/C26H27N3O3/c1-29(13-14-30)17-19-7-9-22(10-8-19)27-26(31)25-16-21-15-23(11-12-24(21)28-25)32-18-20-5-3-2-4-6-20/h2-12,15-16,28,30H,13-14,17-18H2,1H3,(H,27,31). The number of rotatable bonds is 9. The lowest BCUT2D eigenvalue weighted by Crippen LogP contribution is -2.21. The number of likely N-dealkylation sites (N-methyl/N-ethyl adjacent to an activating group) is 1. The maximum Gasteiger partial charge on any atom is 0.272 e. The molecule has 4 rings (SSSR count). The second-order valence-electron chi connectivity index (χ2n) is 7.82. The van der Waals surface area contributed by atoms with Crippen LogP contribution in [0.15, 0.2) is 78.9 Å². The first-order valence-electron chi connectivity index (χ1n) is 10.6. The zero-order valence-electron chi connectivity index (χ0n) is 18.0. The van der Waals surface area contributed by atoms with Crippen LogP contribution in [0.2, 0.25) is 0 Å². The Bertz CT molecular complexity index is 1170. The van der Waals surface area contributed by atoms with Gasteiger partial charge in [-0.05, 0) is 54.6 Å². The summed E-state index contributed by atoms with van der Waals surface area (Å²) in [6, 6.07) is 25.3. The molecule has 0 bridgehead atoms. The lowest BCUT2D eigenvalue weighted by molar-refractivity contribution is 0.102. The number of carbonyl (C=O) groups excluding carboxylic acids is 1. The summed E-state index contributed by atoms with van der Waals surface area (Å²) in [5, 5.41) is 12.9. The number of carbonyl (C=O) groups is 1. The Labute approximate surface area is 187 Å². The summed E-state index contributed by atoms with van der Waals surface area (Å²) in [5.74, 6) is 0.562. The van der Waals surface area contributed by atoms with Crippen LogP contribution in [0.1, 0.15) is 21.6 Å². The fourth-order valence-corrected chi connectivity index (χ4v) is 3.52. The Balaban J connectivity index is 1.39. The van der Waals surface area contributed by atoms with Crippen molar-refractivity contribution in [3.8, 4) is 5.75 Å². The number of anilines is 1. The van der Waals surface area contributed by atoms with E-state index in [9.17, 15) is 4.79 Å². The summed E-state index contributed by atoms with van der Waals surface area (Å²) in [6.07, 6.45) is 0. The Kier molecular flexibility index (Phi) is 6.84. The van der Waals surface area contributed by atoms with Gasteiger partial charge in [0, 0.05) is 29.7 Å². The molecule has 0 fully saturated rings. The molecule has 3 N–H and O–H groups in total. The Morgan fingerprint density at radius 1 is 1.00 bits per heavy atom. The summed E-state index contributed by atoms with van der Waals surface area (Å²) in [7, 11) is 1.96. The highest BCUT2D eigenvalue weighted by Crippen LogP contribution is 2.23. The van der Waals surface area contributed by atoms with Crippen molar-refractivity contribution in [1.29, 1.82) is 0 Å². The molecule has 3 aromatic carbocycles. The van der Waals surface area contributed by atoms with Crippen molar-refractivity contribution in [2.45, 2.75) is 13.2 Å². The molecule has 164 valence electrons. The number of fused-ring (bicyclic) bond motifs is 1. The number of hydrogen-bond acceptors (Lipinski definition) is 4. The fourth-order valence-electron chi connectivity index (χ4n) is 3.52. The van der Waals surface area contributed by atoms with Gasteiger partial charge in [0.2, 0.25) is 0 Å². The van der Waals surface area contributed by atoms with Crippen molar-refractivity contribution in [1.82, 2.24) is 9.88 Å². The van der Waals surface area contributed by atoms with Gasteiger partial charge in [0.15, 0.2) is 0 Å². The Morgan fingerprint density at radius 2 is 1.78 bits per heavy atom. The number of nitrogens with zero attached hydrogens (tertiary/aromatic N) is 1. The molecule has 0 aliphatic heterocycles. The quantitative estimate of drug-likeness (QED) is 0.368. The van der Waals surface area contributed by atoms with Crippen LogP contribution in [-0.2, 0) is 13.2 Å². The van der Waals surface area contributed by atoms with E-state index >= 15 is 0 Å². The minimum atomic E-state index is -0.196. The minimum absolute atomic E-state index is 0.135. The molecule has 0 radical (unpaired) electrons. The van der Waals surface area contributed by atoms with Gasteiger partial charge >= 0.3 is 0 Å². The molecule has 0 aliphatic rings. The van der Waals surface area contributed by atoms with Gasteiger partial charge in [-0.25, -0.2) is 0 Å². The van der Waals surface area contributed by atoms with E-state index in [1.807, 2.05) is 90.8 Å². The highest BCUT2D eigenvalue weighted by Gasteiger charge is 2.11. The van der Waals surface area contributed by atoms with E-state index in [0.717, 1.165) is 40.0 Å². The highest BCUT2D eigenvalue weighted by atomic mass is 16.5. The van der Waals surface area contributed by atoms with Gasteiger partial charge < -0.3 is 20.1 Å². The third-order valence-electron chi connectivity index (χ3n) is 5.23. The molecular weight excluding hydrogens is 402 g/mol. The molecule has 1 aromatic heterocycles. The molecule has 0 atom stereocenters. The summed E-state index contributed by atoms with van der Waals surface area (Å²) in [4.78, 5) is 17.9. The highest BCUT2D eigenvalue weighted by molar-refractivity contribution is 6.06. The van der Waals surface area contributed by atoms with Gasteiger partial charge in [-0.3, -0.25) is 9.69 Å². The van der Waals surface area contributed by atoms with Crippen molar-refractivity contribution >= 4 is 22.5 Å². The van der Waals surface area contributed by atoms with Gasteiger partial charge in [-0.1, -0.05) is 42.5 Å². The van der Waals surface area contributed by atoms with E-state index < -0.39 is 0 Å². The van der Waals surface area contributed by atoms with Crippen LogP contribution in [0, 0.1) is 0 Å². The number of hydrogen-bond donors (Lipinski definition) is 3. The molecule has 0 aliphatic carbocycles. The number of aromatic amines is 1. The van der Waals surface area contributed by atoms with Crippen LogP contribution in [0.25, 0.3) is 10.9 Å². The summed E-state index contributed by atoms with van der Waals surface area (Å²) < 4.78 is 5.89. The number of H-pyrrole nitrogens is 1. The van der Waals surface area contributed by atoms with Gasteiger partial charge in [-0.15, -0.1) is 0 Å². The summed E-state index contributed by atoms with van der Waals surface area (Å²) in [5.41, 5.74) is 4.32. The number of ether oxygens (including phenoxy) is 1. The normalized spacial score (nSPS) is 11.1. The van der Waals surface area contributed by atoms with Crippen molar-refractivity contribution in [3.05, 3.63) is 95.7 Å². The van der Waals surface area contributed by atoms with E-state index in [1.165, 1.54) is 0 Å². The molecule has 4 aromatic rings. The SMILES string of the molecule is CN(CCO)Cc1ccc(NC(=O)c2cc3cc(OCc4ccccc4)ccc3[nH]2)cc1. The average Bonchev–Trinajstić information content (AvgIpc) is 3.23. The number of amides is 1. The van der Waals surface area contributed by atoms with Gasteiger partial charge in [0.1, 0.15) is 18.1 Å². The second kappa shape index (κ2) is 10.1. The minimum Gasteiger partial charge on any atom is -0.489 e. The lowest BCUT2D eigenvalue weighted by atomic mass is 10.2. The number of benzene rings is 3. The monoisotopic (exact) mass is 429 g/mol. The number of aliphatic hydroxyl groups is 1. The van der Waals surface area contributed by atoms with Crippen LogP contribution < -0.4 is 10.1 Å². The van der Waals surface area contributed by atoms with Crippen molar-refractivity contribution in [2.24, 2.45) is 0 Å². The molecule has 6 nitrogen and oxygen atoms in total. The van der Waals surface area contributed by atoms with E-state index in [2.05, 4.69) is 10.3 Å². The van der Waals surface area contributed by atoms with Crippen LogP contribution in [-0.4, -0.2) is 41.1 Å². The lowest BCUT2D eigenvalue weighted by Gasteiger charge is -2.15. The molecular formula is C26H27N3O3. The van der Waals surface area contributed by atoms with Gasteiger partial charge in [0.05, 0.1) is 6.61 Å². The van der Waals surface area contributed by atoms with Crippen LogP contribution >= 0.6 is 0 Å². The molecule has 0 saturated heterocycles. The maximum atomic E-state index is 12.7. The smallest absolute Gasteiger partial charge is 0.272 e. The molecule has 0 unspecified atom stereocenters. The van der Waals surface area contributed by atoms with E-state index in [-0.39, 0.29) is 12.5 Å². The van der Waals surface area contributed by atoms with Crippen LogP contribution in [0.5, 0.6) is 5.75 Å². The van der Waals surface area contributed by atoms with Crippen molar-refractivity contribution < 1.29 is 14.6 Å². The fraction of sp³-hybridized carbons (Fsp3) is 0.192. The molecule has 6 heteroatoms. The number of aliphatic hydroxyl groups excluding tert-OH is 1. The largest absolute Gasteiger partial charge is 0.489 e. The van der Waals surface area contributed by atoms with Gasteiger partial charge in [0.25, 0.3) is 5.91 Å². The molecule has 0 spiro atoms. The third kappa shape index (κ3) is 5.55. The van der Waals surface area contributed by atoms with E-state index in [1.54, 1.807) is 0 Å². The molecule has 1 heterocycles. The van der Waals surface area contributed by atoms with Crippen LogP contribution in [0.4, 0.5) is 5.69 Å². The number of nitrogens with one attached hydrogen (secondary N) is 2. The first-order valence-corrected chi connectivity index (χ1v) is 10.6. The topological polar surface area (TPSA) is 77.6 Å². The molecule has 0 saturated carbocycles. The van der Waals surface area contributed by atoms with Crippen molar-refractivity contribution in [2.75, 3.05) is 25.5 Å². The first kappa shape index (κ1) is 21.6. The zero-order valence-corrected chi connectivity index (χ0v) is 18.0. The molecule has 32 heavy (non-hydrogen) atoms. The Hall–Kier alpha value is -3.61. The van der Waals surface area contributed by atoms with E-state index in [0.29, 0.717) is 18.8 Å². The summed E-state index contributed by atoms with van der Waals surface area (Å²) >= 11 is 0. The second-order valence-corrected chi connectivity index (χ2v) is 7.82. The zero-order chi connectivity index (χ0) is 22.3. The number of aromatic nitrogens is 1. The molecule has 1 amide bonds. The van der Waals surface area contributed by atoms with Crippen molar-refractivity contribution in [3.63, 3.8) is 0 Å². The summed E-state index contributed by atoms with van der Waals surface area (Å²) in [6.45, 7) is 2.00. The first-order chi connectivity index (χ1) is 15.6. The third-order valence-corrected chi connectivity index (χ3v) is 5.23. The van der Waals surface area contributed by atoms with E-state index in [4.69, 9.17) is 9.84 Å². The van der Waals surface area contributed by atoms with Crippen LogP contribution in [0.3, 0.4) is 0 Å². The maximum absolute atomic E-state index is 12.7. The van der Waals surface area contributed by atoms with Gasteiger partial charge in [-0.2, -0.15) is 0 Å². The Morgan fingerprint density at radius 3 is 2.53 bits per heavy atom.